The van der Waals surface area contributed by atoms with Crippen LogP contribution in [-0.4, -0.2) is 20.7 Å². The molecule has 0 amide bonds. The standard InChI is InChI=1S/C17H18OSe/c18-15-9-10-17(15)14-8-4-5-12(14)11-16(17)19-13-6-2-1-3-7-13/h1-4,6-8,12,14,16H,5,9-11H2/t12-,14-,16-,17-/m1/s1. The molecule has 1 nitrogen and oxygen atoms in total. The summed E-state index contributed by atoms with van der Waals surface area (Å²) in [7, 11) is 0. The van der Waals surface area contributed by atoms with E-state index in [1.165, 1.54) is 17.3 Å². The maximum absolute atomic E-state index is 12.4. The van der Waals surface area contributed by atoms with Gasteiger partial charge < -0.3 is 0 Å². The first-order valence-electron chi connectivity index (χ1n) is 7.22. The molecule has 0 saturated heterocycles. The van der Waals surface area contributed by atoms with E-state index in [2.05, 4.69) is 42.5 Å². The van der Waals surface area contributed by atoms with Gasteiger partial charge in [-0.3, -0.25) is 0 Å². The second-order valence-corrected chi connectivity index (χ2v) is 8.75. The number of Topliss-reactive ketones (excluding diaryl/α,β-unsaturated/α-hetero) is 1. The molecule has 0 N–H and O–H groups in total. The number of allylic oxidation sites excluding steroid dienone is 2. The Balaban J connectivity index is 1.65. The molecule has 0 radical (unpaired) electrons. The molecule has 19 heavy (non-hydrogen) atoms. The van der Waals surface area contributed by atoms with Crippen molar-refractivity contribution in [2.45, 2.75) is 30.5 Å². The van der Waals surface area contributed by atoms with Crippen molar-refractivity contribution in [1.29, 1.82) is 0 Å². The number of fused-ring (bicyclic) bond motifs is 2. The topological polar surface area (TPSA) is 17.1 Å². The quantitative estimate of drug-likeness (QED) is 0.605. The van der Waals surface area contributed by atoms with Crippen molar-refractivity contribution >= 4 is 25.2 Å². The summed E-state index contributed by atoms with van der Waals surface area (Å²) < 4.78 is 1.46. The van der Waals surface area contributed by atoms with Crippen molar-refractivity contribution < 1.29 is 4.79 Å². The molecule has 3 aliphatic rings. The van der Waals surface area contributed by atoms with Gasteiger partial charge in [0.25, 0.3) is 0 Å². The van der Waals surface area contributed by atoms with Gasteiger partial charge >= 0.3 is 120 Å². The van der Waals surface area contributed by atoms with Crippen LogP contribution in [0, 0.1) is 17.3 Å². The van der Waals surface area contributed by atoms with Crippen LogP contribution in [0.4, 0.5) is 0 Å². The minimum atomic E-state index is 0.0491. The van der Waals surface area contributed by atoms with Crippen molar-refractivity contribution in [2.75, 3.05) is 0 Å². The van der Waals surface area contributed by atoms with E-state index in [0.717, 1.165) is 18.8 Å². The van der Waals surface area contributed by atoms with Crippen LogP contribution in [0.15, 0.2) is 42.5 Å². The first-order valence-corrected chi connectivity index (χ1v) is 9.07. The molecule has 2 heteroatoms. The Labute approximate surface area is 120 Å². The van der Waals surface area contributed by atoms with Gasteiger partial charge in [-0.2, -0.15) is 0 Å². The summed E-state index contributed by atoms with van der Waals surface area (Å²) in [4.78, 5) is 13.0. The molecule has 1 aromatic carbocycles. The van der Waals surface area contributed by atoms with Crippen LogP contribution < -0.4 is 4.46 Å². The Kier molecular flexibility index (Phi) is 2.72. The number of rotatable bonds is 2. The molecule has 98 valence electrons. The van der Waals surface area contributed by atoms with E-state index in [9.17, 15) is 4.79 Å². The first kappa shape index (κ1) is 11.9. The van der Waals surface area contributed by atoms with E-state index in [-0.39, 0.29) is 5.41 Å². The summed E-state index contributed by atoms with van der Waals surface area (Å²) in [5, 5.41) is 0. The van der Waals surface area contributed by atoms with Crippen molar-refractivity contribution in [3.63, 3.8) is 0 Å². The summed E-state index contributed by atoms with van der Waals surface area (Å²) in [5.74, 6) is 1.90. The number of hydrogen-bond acceptors (Lipinski definition) is 1. The molecule has 1 spiro atoms. The summed E-state index contributed by atoms with van der Waals surface area (Å²) in [5.41, 5.74) is 0.0491. The molecule has 3 aliphatic carbocycles. The molecule has 2 fully saturated rings. The second-order valence-electron chi connectivity index (χ2n) is 6.07. The Morgan fingerprint density at radius 2 is 2.05 bits per heavy atom. The van der Waals surface area contributed by atoms with Crippen molar-refractivity contribution in [3.05, 3.63) is 42.5 Å². The van der Waals surface area contributed by atoms with Gasteiger partial charge in [0, 0.05) is 0 Å². The molecular formula is C17H18OSe. The Morgan fingerprint density at radius 3 is 2.74 bits per heavy atom. The number of ketones is 1. The molecule has 4 rings (SSSR count). The Hall–Kier alpha value is -0.851. The molecule has 0 aromatic heterocycles. The molecule has 1 aromatic rings. The number of carbonyl (C=O) groups is 1. The van der Waals surface area contributed by atoms with E-state index in [4.69, 9.17) is 0 Å². The van der Waals surface area contributed by atoms with E-state index >= 15 is 0 Å². The van der Waals surface area contributed by atoms with E-state index < -0.39 is 0 Å². The molecule has 4 atom stereocenters. The minimum absolute atomic E-state index is 0.0491. The van der Waals surface area contributed by atoms with Crippen LogP contribution in [0.2, 0.25) is 4.82 Å². The van der Waals surface area contributed by atoms with Crippen molar-refractivity contribution in [2.24, 2.45) is 17.3 Å². The third-order valence-electron chi connectivity index (χ3n) is 5.28. The fourth-order valence-electron chi connectivity index (χ4n) is 4.26. The molecule has 0 aliphatic heterocycles. The van der Waals surface area contributed by atoms with Gasteiger partial charge in [0.2, 0.25) is 0 Å². The average Bonchev–Trinajstić information content (AvgIpc) is 2.98. The zero-order valence-corrected chi connectivity index (χ0v) is 12.6. The van der Waals surface area contributed by atoms with Gasteiger partial charge in [0.05, 0.1) is 0 Å². The van der Waals surface area contributed by atoms with Crippen LogP contribution in [0.1, 0.15) is 25.7 Å². The fourth-order valence-corrected chi connectivity index (χ4v) is 7.63. The molecule has 2 saturated carbocycles. The van der Waals surface area contributed by atoms with Crippen molar-refractivity contribution in [3.8, 4) is 0 Å². The van der Waals surface area contributed by atoms with Crippen LogP contribution in [0.25, 0.3) is 0 Å². The van der Waals surface area contributed by atoms with Crippen molar-refractivity contribution in [1.82, 2.24) is 0 Å². The van der Waals surface area contributed by atoms with E-state index in [1.807, 2.05) is 0 Å². The van der Waals surface area contributed by atoms with Gasteiger partial charge in [0.1, 0.15) is 0 Å². The van der Waals surface area contributed by atoms with E-state index in [0.29, 0.717) is 31.5 Å². The summed E-state index contributed by atoms with van der Waals surface area (Å²) >= 11 is 0.454. The third kappa shape index (κ3) is 1.63. The summed E-state index contributed by atoms with van der Waals surface area (Å²) in [6, 6.07) is 10.8. The Morgan fingerprint density at radius 1 is 1.21 bits per heavy atom. The van der Waals surface area contributed by atoms with Gasteiger partial charge in [-0.25, -0.2) is 0 Å². The number of carbonyl (C=O) groups excluding carboxylic acids is 1. The van der Waals surface area contributed by atoms with Crippen LogP contribution >= 0.6 is 0 Å². The van der Waals surface area contributed by atoms with E-state index in [1.54, 1.807) is 0 Å². The predicted octanol–water partition coefficient (Wildman–Crippen LogP) is 2.75. The average molecular weight is 317 g/mol. The number of hydrogen-bond donors (Lipinski definition) is 0. The zero-order valence-electron chi connectivity index (χ0n) is 10.9. The molecule has 0 heterocycles. The monoisotopic (exact) mass is 318 g/mol. The molecule has 0 bridgehead atoms. The first-order chi connectivity index (χ1) is 9.30. The van der Waals surface area contributed by atoms with Gasteiger partial charge in [-0.15, -0.1) is 0 Å². The third-order valence-corrected chi connectivity index (χ3v) is 8.31. The normalized spacial score (nSPS) is 39.6. The molecular weight excluding hydrogens is 299 g/mol. The van der Waals surface area contributed by atoms with Gasteiger partial charge in [0.15, 0.2) is 0 Å². The van der Waals surface area contributed by atoms with Gasteiger partial charge in [-0.05, 0) is 0 Å². The van der Waals surface area contributed by atoms with Crippen LogP contribution in [-0.2, 0) is 4.79 Å². The number of benzene rings is 1. The zero-order chi connectivity index (χ0) is 12.9. The Bertz CT molecular complexity index is 535. The van der Waals surface area contributed by atoms with Gasteiger partial charge in [-0.1, -0.05) is 0 Å². The second kappa shape index (κ2) is 4.33. The SMILES string of the molecule is O=C1CC[C@@]12[C@@H]1C=CC[C@@H]1C[C@H]2[Se]c1ccccc1. The summed E-state index contributed by atoms with van der Waals surface area (Å²) in [6.07, 6.45) is 9.14. The fraction of sp³-hybridized carbons (Fsp3) is 0.471. The maximum atomic E-state index is 12.4. The summed E-state index contributed by atoms with van der Waals surface area (Å²) in [6.45, 7) is 0. The molecule has 0 unspecified atom stereocenters. The van der Waals surface area contributed by atoms with Crippen LogP contribution in [0.3, 0.4) is 0 Å². The van der Waals surface area contributed by atoms with Crippen LogP contribution in [0.5, 0.6) is 0 Å². The predicted molar refractivity (Wildman–Crippen MR) is 77.6 cm³/mol.